The molecule has 0 saturated carbocycles. The van der Waals surface area contributed by atoms with Crippen LogP contribution in [0.2, 0.25) is 0 Å². The van der Waals surface area contributed by atoms with E-state index in [0.29, 0.717) is 39.1 Å². The van der Waals surface area contributed by atoms with E-state index in [4.69, 9.17) is 5.73 Å². The van der Waals surface area contributed by atoms with Gasteiger partial charge in [-0.1, -0.05) is 18.7 Å². The fourth-order valence-electron chi connectivity index (χ4n) is 4.73. The van der Waals surface area contributed by atoms with Crippen molar-refractivity contribution in [1.29, 1.82) is 0 Å². The van der Waals surface area contributed by atoms with Crippen molar-refractivity contribution in [2.24, 2.45) is 7.05 Å². The van der Waals surface area contributed by atoms with Gasteiger partial charge in [-0.3, -0.25) is 9.59 Å². The van der Waals surface area contributed by atoms with Crippen LogP contribution in [-0.4, -0.2) is 44.3 Å². The van der Waals surface area contributed by atoms with Crippen molar-refractivity contribution in [3.05, 3.63) is 72.8 Å². The normalized spacial score (nSPS) is 13.2. The van der Waals surface area contributed by atoms with Gasteiger partial charge in [-0.05, 0) is 54.8 Å². The number of aryl methyl sites for hydroxylation is 1. The summed E-state index contributed by atoms with van der Waals surface area (Å²) in [5.74, 6) is -0.692. The number of anilines is 2. The highest BCUT2D eigenvalue weighted by atomic mass is 19.1. The number of carbonyl (C=O) groups excluding carboxylic acids is 2. The molecule has 2 amide bonds. The number of hydrogen-bond donors (Lipinski definition) is 2. The van der Waals surface area contributed by atoms with Crippen LogP contribution in [0.4, 0.5) is 15.9 Å². The second-order valence-corrected chi connectivity index (χ2v) is 8.70. The molecule has 1 saturated heterocycles. The summed E-state index contributed by atoms with van der Waals surface area (Å²) in [6.07, 6.45) is 4.52. The van der Waals surface area contributed by atoms with Gasteiger partial charge in [-0.2, -0.15) is 0 Å². The molecule has 0 bridgehead atoms. The van der Waals surface area contributed by atoms with Crippen LogP contribution in [0.5, 0.6) is 0 Å². The Hall–Kier alpha value is -4.53. The molecule has 2 aromatic carbocycles. The Morgan fingerprint density at radius 2 is 1.83 bits per heavy atom. The van der Waals surface area contributed by atoms with E-state index in [1.54, 1.807) is 35.9 Å². The van der Waals surface area contributed by atoms with Crippen LogP contribution >= 0.6 is 0 Å². The number of nitrogens with zero attached hydrogens (tertiary/aromatic N) is 4. The van der Waals surface area contributed by atoms with Gasteiger partial charge in [0, 0.05) is 42.5 Å². The van der Waals surface area contributed by atoms with Gasteiger partial charge in [0.1, 0.15) is 23.6 Å². The number of hydrogen-bond acceptors (Lipinski definition) is 5. The predicted molar refractivity (Wildman–Crippen MR) is 138 cm³/mol. The van der Waals surface area contributed by atoms with Crippen molar-refractivity contribution in [2.75, 3.05) is 24.1 Å². The van der Waals surface area contributed by atoms with Crippen molar-refractivity contribution >= 4 is 34.4 Å². The molecule has 4 aromatic rings. The van der Waals surface area contributed by atoms with E-state index < -0.39 is 11.7 Å². The fourth-order valence-corrected chi connectivity index (χ4v) is 4.73. The molecule has 1 fully saturated rings. The molecule has 0 aliphatic carbocycles. The Bertz CT molecular complexity index is 1500. The topological polar surface area (TPSA) is 106 Å². The number of amides is 2. The lowest BCUT2D eigenvalue weighted by molar-refractivity contribution is -0.111. The van der Waals surface area contributed by atoms with E-state index in [2.05, 4.69) is 21.9 Å². The number of nitrogens with two attached hydrogens (primary N) is 1. The zero-order valence-electron chi connectivity index (χ0n) is 19.8. The molecule has 3 N–H and O–H groups in total. The molecule has 1 aliphatic heterocycles. The Labute approximate surface area is 207 Å². The molecule has 182 valence electrons. The van der Waals surface area contributed by atoms with Gasteiger partial charge in [0.2, 0.25) is 5.91 Å². The minimum atomic E-state index is -0.531. The average Bonchev–Trinajstić information content (AvgIpc) is 3.52. The lowest BCUT2D eigenvalue weighted by Crippen LogP contribution is -2.27. The third kappa shape index (κ3) is 3.98. The smallest absolute Gasteiger partial charge is 0.253 e. The fraction of sp³-hybridized carbons (Fsp3) is 0.185. The molecule has 3 heterocycles. The molecule has 0 unspecified atom stereocenters. The average molecular weight is 485 g/mol. The SMILES string of the molecule is C=CC(=O)Nc1ccc(-c2c(-c3ccc(C(=O)N4CCCC4)cc3)c3c(N)ncnc3n2C)c(F)c1. The summed E-state index contributed by atoms with van der Waals surface area (Å²) in [4.78, 5) is 34.9. The Balaban J connectivity index is 1.65. The van der Waals surface area contributed by atoms with Crippen LogP contribution in [0.1, 0.15) is 23.2 Å². The van der Waals surface area contributed by atoms with E-state index in [-0.39, 0.29) is 11.7 Å². The molecule has 0 spiro atoms. The summed E-state index contributed by atoms with van der Waals surface area (Å²) in [5.41, 5.74) is 9.99. The number of carbonyl (C=O) groups is 2. The summed E-state index contributed by atoms with van der Waals surface area (Å²) in [7, 11) is 1.78. The second kappa shape index (κ2) is 9.26. The molecule has 9 heteroatoms. The van der Waals surface area contributed by atoms with Gasteiger partial charge < -0.3 is 20.5 Å². The molecule has 0 radical (unpaired) electrons. The zero-order valence-corrected chi connectivity index (χ0v) is 19.8. The monoisotopic (exact) mass is 484 g/mol. The van der Waals surface area contributed by atoms with Gasteiger partial charge in [0.05, 0.1) is 11.1 Å². The molecule has 0 atom stereocenters. The highest BCUT2D eigenvalue weighted by molar-refractivity contribution is 6.08. The first-order valence-electron chi connectivity index (χ1n) is 11.6. The first-order valence-corrected chi connectivity index (χ1v) is 11.6. The minimum Gasteiger partial charge on any atom is -0.383 e. The first-order chi connectivity index (χ1) is 17.4. The largest absolute Gasteiger partial charge is 0.383 e. The van der Waals surface area contributed by atoms with Crippen LogP contribution < -0.4 is 11.1 Å². The van der Waals surface area contributed by atoms with E-state index in [1.165, 1.54) is 12.4 Å². The van der Waals surface area contributed by atoms with Gasteiger partial charge in [-0.25, -0.2) is 14.4 Å². The maximum atomic E-state index is 15.4. The minimum absolute atomic E-state index is 0.00300. The van der Waals surface area contributed by atoms with Crippen molar-refractivity contribution in [2.45, 2.75) is 12.8 Å². The Kier molecular flexibility index (Phi) is 5.97. The molecule has 2 aromatic heterocycles. The molecule has 36 heavy (non-hydrogen) atoms. The van der Waals surface area contributed by atoms with Gasteiger partial charge in [-0.15, -0.1) is 0 Å². The maximum absolute atomic E-state index is 15.4. The van der Waals surface area contributed by atoms with E-state index in [0.717, 1.165) is 37.6 Å². The van der Waals surface area contributed by atoms with Crippen LogP contribution in [0.3, 0.4) is 0 Å². The van der Waals surface area contributed by atoms with Crippen molar-refractivity contribution in [3.63, 3.8) is 0 Å². The number of fused-ring (bicyclic) bond motifs is 1. The summed E-state index contributed by atoms with van der Waals surface area (Å²) >= 11 is 0. The van der Waals surface area contributed by atoms with E-state index in [9.17, 15) is 9.59 Å². The Morgan fingerprint density at radius 3 is 2.50 bits per heavy atom. The molecule has 1 aliphatic rings. The third-order valence-electron chi connectivity index (χ3n) is 6.49. The number of halogens is 1. The molecular weight excluding hydrogens is 459 g/mol. The quantitative estimate of drug-likeness (QED) is 0.409. The lowest BCUT2D eigenvalue weighted by atomic mass is 9.97. The van der Waals surface area contributed by atoms with Crippen LogP contribution in [0.25, 0.3) is 33.4 Å². The van der Waals surface area contributed by atoms with Crippen molar-refractivity contribution < 1.29 is 14.0 Å². The summed E-state index contributed by atoms with van der Waals surface area (Å²) in [6, 6.07) is 11.7. The predicted octanol–water partition coefficient (Wildman–Crippen LogP) is 4.38. The van der Waals surface area contributed by atoms with E-state index >= 15 is 4.39 Å². The van der Waals surface area contributed by atoms with E-state index in [1.807, 2.05) is 17.0 Å². The first kappa shape index (κ1) is 23.2. The zero-order chi connectivity index (χ0) is 25.4. The number of rotatable bonds is 5. The van der Waals surface area contributed by atoms with Crippen molar-refractivity contribution in [1.82, 2.24) is 19.4 Å². The number of likely N-dealkylation sites (tertiary alicyclic amines) is 1. The lowest BCUT2D eigenvalue weighted by Gasteiger charge is -2.15. The number of nitrogens with one attached hydrogen (secondary N) is 1. The second-order valence-electron chi connectivity index (χ2n) is 8.70. The maximum Gasteiger partial charge on any atom is 0.253 e. The molecule has 8 nitrogen and oxygen atoms in total. The highest BCUT2D eigenvalue weighted by Gasteiger charge is 2.25. The third-order valence-corrected chi connectivity index (χ3v) is 6.49. The number of nitrogen functional groups attached to an aromatic ring is 1. The van der Waals surface area contributed by atoms with Crippen LogP contribution in [0.15, 0.2) is 61.4 Å². The number of benzene rings is 2. The molecule has 5 rings (SSSR count). The van der Waals surface area contributed by atoms with Crippen molar-refractivity contribution in [3.8, 4) is 22.4 Å². The highest BCUT2D eigenvalue weighted by Crippen LogP contribution is 2.42. The summed E-state index contributed by atoms with van der Waals surface area (Å²) in [5, 5.41) is 3.16. The summed E-state index contributed by atoms with van der Waals surface area (Å²) < 4.78 is 17.2. The van der Waals surface area contributed by atoms with Gasteiger partial charge in [0.25, 0.3) is 5.91 Å². The van der Waals surface area contributed by atoms with Crippen LogP contribution in [-0.2, 0) is 11.8 Å². The summed E-state index contributed by atoms with van der Waals surface area (Å²) in [6.45, 7) is 4.95. The molecular formula is C27H25FN6O2. The van der Waals surface area contributed by atoms with Gasteiger partial charge in [0.15, 0.2) is 0 Å². The standard InChI is InChI=1S/C27H25FN6O2/c1-3-21(35)32-18-10-11-19(20(28)14-18)24-22(23-25(29)30-15-31-26(23)33(24)2)16-6-8-17(9-7-16)27(36)34-12-4-5-13-34/h3,6-11,14-15H,1,4-5,12-13H2,2H3,(H,32,35)(H2,29,30,31). The number of aromatic nitrogens is 3. The van der Waals surface area contributed by atoms with Crippen LogP contribution in [0, 0.1) is 5.82 Å². The Morgan fingerprint density at radius 1 is 1.11 bits per heavy atom. The van der Waals surface area contributed by atoms with Gasteiger partial charge >= 0.3 is 0 Å².